The molecule has 0 amide bonds. The Kier molecular flexibility index (Phi) is 4.73. The van der Waals surface area contributed by atoms with Crippen molar-refractivity contribution in [3.05, 3.63) is 5.89 Å². The van der Waals surface area contributed by atoms with Crippen LogP contribution in [-0.4, -0.2) is 33.3 Å². The molecule has 2 N–H and O–H groups in total. The third-order valence-corrected chi connectivity index (χ3v) is 4.38. The van der Waals surface area contributed by atoms with Gasteiger partial charge in [0.1, 0.15) is 0 Å². The van der Waals surface area contributed by atoms with E-state index in [1.807, 2.05) is 11.8 Å². The van der Waals surface area contributed by atoms with Gasteiger partial charge in [0.05, 0.1) is 6.54 Å². The monoisotopic (exact) mass is 284 g/mol. The van der Waals surface area contributed by atoms with Gasteiger partial charge in [-0.15, -0.1) is 5.10 Å². The minimum Gasteiger partial charge on any atom is -0.407 e. The van der Waals surface area contributed by atoms with Crippen LogP contribution in [0.2, 0.25) is 0 Å². The fourth-order valence-corrected chi connectivity index (χ4v) is 2.98. The summed E-state index contributed by atoms with van der Waals surface area (Å²) in [5.41, 5.74) is 0.0546. The number of thioether (sulfide) groups is 1. The predicted octanol–water partition coefficient (Wildman–Crippen LogP) is 2.65. The van der Waals surface area contributed by atoms with Crippen molar-refractivity contribution in [3.63, 3.8) is 0 Å². The van der Waals surface area contributed by atoms with Crippen LogP contribution < -0.4 is 10.6 Å². The standard InChI is InChI=1S/C13H24N4OS/c1-13(2,3)14-8-11-16-17-12(18-11)15-9-5-6-10(7-9)19-4/h9-10,14H,5-8H2,1-4H3,(H,15,17). The van der Waals surface area contributed by atoms with Crippen molar-refractivity contribution in [1.82, 2.24) is 15.5 Å². The summed E-state index contributed by atoms with van der Waals surface area (Å²) < 4.78 is 5.61. The highest BCUT2D eigenvalue weighted by atomic mass is 32.2. The van der Waals surface area contributed by atoms with Crippen molar-refractivity contribution in [2.75, 3.05) is 11.6 Å². The Bertz CT molecular complexity index is 402. The van der Waals surface area contributed by atoms with Crippen LogP contribution in [-0.2, 0) is 6.54 Å². The maximum atomic E-state index is 5.61. The molecule has 1 aromatic rings. The molecule has 1 saturated carbocycles. The van der Waals surface area contributed by atoms with Gasteiger partial charge in [0, 0.05) is 16.8 Å². The van der Waals surface area contributed by atoms with Gasteiger partial charge in [-0.1, -0.05) is 5.10 Å². The second-order valence-electron chi connectivity index (χ2n) is 6.12. The molecule has 0 aliphatic heterocycles. The summed E-state index contributed by atoms with van der Waals surface area (Å²) in [7, 11) is 0. The van der Waals surface area contributed by atoms with Gasteiger partial charge in [-0.3, -0.25) is 0 Å². The van der Waals surface area contributed by atoms with Crippen LogP contribution >= 0.6 is 11.8 Å². The average molecular weight is 284 g/mol. The summed E-state index contributed by atoms with van der Waals surface area (Å²) in [5, 5.41) is 15.6. The largest absolute Gasteiger partial charge is 0.407 e. The molecule has 2 rings (SSSR count). The van der Waals surface area contributed by atoms with E-state index in [0.717, 1.165) is 5.25 Å². The molecule has 108 valence electrons. The first-order valence-corrected chi connectivity index (χ1v) is 8.12. The van der Waals surface area contributed by atoms with Crippen molar-refractivity contribution < 1.29 is 4.42 Å². The fourth-order valence-electron chi connectivity index (χ4n) is 2.18. The number of nitrogens with zero attached hydrogens (tertiary/aromatic N) is 2. The summed E-state index contributed by atoms with van der Waals surface area (Å²) in [6.45, 7) is 6.95. The van der Waals surface area contributed by atoms with E-state index in [2.05, 4.69) is 47.9 Å². The normalized spacial score (nSPS) is 23.8. The van der Waals surface area contributed by atoms with Crippen LogP contribution in [0, 0.1) is 0 Å². The Balaban J connectivity index is 1.81. The van der Waals surface area contributed by atoms with E-state index in [4.69, 9.17) is 4.42 Å². The summed E-state index contributed by atoms with van der Waals surface area (Å²) in [6, 6.07) is 1.03. The quantitative estimate of drug-likeness (QED) is 0.866. The van der Waals surface area contributed by atoms with Gasteiger partial charge in [0.2, 0.25) is 5.89 Å². The molecule has 0 spiro atoms. The highest BCUT2D eigenvalue weighted by molar-refractivity contribution is 7.99. The Morgan fingerprint density at radius 1 is 1.32 bits per heavy atom. The van der Waals surface area contributed by atoms with E-state index in [1.54, 1.807) is 0 Å². The van der Waals surface area contributed by atoms with Crippen molar-refractivity contribution in [2.24, 2.45) is 0 Å². The third kappa shape index (κ3) is 4.69. The van der Waals surface area contributed by atoms with Gasteiger partial charge in [-0.05, 0) is 46.3 Å². The summed E-state index contributed by atoms with van der Waals surface area (Å²) in [5.74, 6) is 0.636. The van der Waals surface area contributed by atoms with Gasteiger partial charge >= 0.3 is 6.01 Å². The fraction of sp³-hybridized carbons (Fsp3) is 0.846. The van der Waals surface area contributed by atoms with Gasteiger partial charge in [0.25, 0.3) is 0 Å². The lowest BCUT2D eigenvalue weighted by Crippen LogP contribution is -2.35. The lowest BCUT2D eigenvalue weighted by molar-refractivity contribution is 0.383. The molecular weight excluding hydrogens is 260 g/mol. The summed E-state index contributed by atoms with van der Waals surface area (Å²) >= 11 is 1.95. The first kappa shape index (κ1) is 14.7. The summed E-state index contributed by atoms with van der Waals surface area (Å²) in [6.07, 6.45) is 5.81. The Labute approximate surface area is 119 Å². The van der Waals surface area contributed by atoms with E-state index in [0.29, 0.717) is 24.5 Å². The second-order valence-corrected chi connectivity index (χ2v) is 7.25. The molecule has 2 unspecified atom stereocenters. The lowest BCUT2D eigenvalue weighted by Gasteiger charge is -2.18. The zero-order chi connectivity index (χ0) is 13.9. The summed E-state index contributed by atoms with van der Waals surface area (Å²) in [4.78, 5) is 0. The van der Waals surface area contributed by atoms with Gasteiger partial charge in [-0.25, -0.2) is 0 Å². The third-order valence-electron chi connectivity index (χ3n) is 3.28. The molecule has 5 nitrogen and oxygen atoms in total. The smallest absolute Gasteiger partial charge is 0.315 e. The first-order valence-electron chi connectivity index (χ1n) is 6.83. The Morgan fingerprint density at radius 3 is 2.74 bits per heavy atom. The average Bonchev–Trinajstić information content (AvgIpc) is 2.95. The highest BCUT2D eigenvalue weighted by Gasteiger charge is 2.25. The molecule has 1 aliphatic carbocycles. The number of aromatic nitrogens is 2. The predicted molar refractivity (Wildman–Crippen MR) is 79.5 cm³/mol. The van der Waals surface area contributed by atoms with E-state index in [9.17, 15) is 0 Å². The number of hydrogen-bond acceptors (Lipinski definition) is 6. The van der Waals surface area contributed by atoms with Crippen LogP contribution in [0.1, 0.15) is 45.9 Å². The molecule has 0 radical (unpaired) electrons. The number of hydrogen-bond donors (Lipinski definition) is 2. The maximum Gasteiger partial charge on any atom is 0.315 e. The molecule has 6 heteroatoms. The second kappa shape index (κ2) is 6.13. The zero-order valence-electron chi connectivity index (χ0n) is 12.2. The molecule has 1 aliphatic rings. The van der Waals surface area contributed by atoms with Gasteiger partial charge in [0.15, 0.2) is 0 Å². The van der Waals surface area contributed by atoms with Crippen LogP contribution in [0.3, 0.4) is 0 Å². The van der Waals surface area contributed by atoms with Crippen LogP contribution in [0.5, 0.6) is 0 Å². The zero-order valence-corrected chi connectivity index (χ0v) is 13.0. The topological polar surface area (TPSA) is 63.0 Å². The first-order chi connectivity index (χ1) is 8.96. The molecule has 0 aromatic carbocycles. The van der Waals surface area contributed by atoms with Crippen LogP contribution in [0.15, 0.2) is 4.42 Å². The molecule has 19 heavy (non-hydrogen) atoms. The molecular formula is C13H24N4OS. The number of rotatable bonds is 5. The SMILES string of the molecule is CSC1CCC(Nc2nnc(CNC(C)(C)C)o2)C1. The molecule has 1 aromatic heterocycles. The van der Waals surface area contributed by atoms with E-state index >= 15 is 0 Å². The lowest BCUT2D eigenvalue weighted by atomic mass is 10.1. The van der Waals surface area contributed by atoms with Gasteiger partial charge in [-0.2, -0.15) is 11.8 Å². The highest BCUT2D eigenvalue weighted by Crippen LogP contribution is 2.29. The maximum absolute atomic E-state index is 5.61. The Hall–Kier alpha value is -0.750. The Morgan fingerprint density at radius 2 is 2.11 bits per heavy atom. The van der Waals surface area contributed by atoms with E-state index in [1.165, 1.54) is 19.3 Å². The van der Waals surface area contributed by atoms with Crippen molar-refractivity contribution in [3.8, 4) is 0 Å². The number of nitrogens with one attached hydrogen (secondary N) is 2. The van der Waals surface area contributed by atoms with E-state index < -0.39 is 0 Å². The minimum absolute atomic E-state index is 0.0546. The molecule has 1 fully saturated rings. The van der Waals surface area contributed by atoms with Crippen LogP contribution in [0.4, 0.5) is 6.01 Å². The molecule has 2 atom stereocenters. The van der Waals surface area contributed by atoms with Crippen molar-refractivity contribution in [2.45, 2.75) is 63.4 Å². The number of anilines is 1. The van der Waals surface area contributed by atoms with Gasteiger partial charge < -0.3 is 15.1 Å². The minimum atomic E-state index is 0.0546. The van der Waals surface area contributed by atoms with Crippen molar-refractivity contribution in [1.29, 1.82) is 0 Å². The van der Waals surface area contributed by atoms with E-state index in [-0.39, 0.29) is 5.54 Å². The van der Waals surface area contributed by atoms with Crippen LogP contribution in [0.25, 0.3) is 0 Å². The molecule has 1 heterocycles. The molecule has 0 bridgehead atoms. The molecule has 0 saturated heterocycles. The van der Waals surface area contributed by atoms with Crippen molar-refractivity contribution >= 4 is 17.8 Å².